The Bertz CT molecular complexity index is 316. The Morgan fingerprint density at radius 2 is 1.69 bits per heavy atom. The van der Waals surface area contributed by atoms with Crippen molar-refractivity contribution in [1.29, 1.82) is 0 Å². The zero-order valence-electron chi connectivity index (χ0n) is 9.32. The van der Waals surface area contributed by atoms with E-state index < -0.39 is 17.5 Å². The summed E-state index contributed by atoms with van der Waals surface area (Å²) in [4.78, 5) is 0. The normalized spacial score (nSPS) is 10.8. The Morgan fingerprint density at radius 1 is 1.06 bits per heavy atom. The van der Waals surface area contributed by atoms with E-state index in [-0.39, 0.29) is 0 Å². The Labute approximate surface area is 93.7 Å². The van der Waals surface area contributed by atoms with E-state index in [4.69, 9.17) is 0 Å². The predicted octanol–water partition coefficient (Wildman–Crippen LogP) is 3.38. The lowest BCUT2D eigenvalue weighted by molar-refractivity contribution is 0.444. The summed E-state index contributed by atoms with van der Waals surface area (Å²) in [5.41, 5.74) is 0.424. The first-order valence-corrected chi connectivity index (χ1v) is 5.49. The van der Waals surface area contributed by atoms with Crippen molar-refractivity contribution in [1.82, 2.24) is 5.32 Å². The Kier molecular flexibility index (Phi) is 5.32. The summed E-state index contributed by atoms with van der Waals surface area (Å²) in [6.07, 6.45) is 3.28. The second-order valence-electron chi connectivity index (χ2n) is 3.76. The third kappa shape index (κ3) is 3.85. The van der Waals surface area contributed by atoms with Crippen molar-refractivity contribution in [3.8, 4) is 0 Å². The fraction of sp³-hybridized carbons (Fsp3) is 0.500. The van der Waals surface area contributed by atoms with Crippen molar-refractivity contribution < 1.29 is 13.2 Å². The van der Waals surface area contributed by atoms with Gasteiger partial charge < -0.3 is 5.32 Å². The highest BCUT2D eigenvalue weighted by atomic mass is 19.2. The average Bonchev–Trinajstić information content (AvgIpc) is 2.25. The molecule has 0 fully saturated rings. The van der Waals surface area contributed by atoms with Crippen LogP contribution >= 0.6 is 0 Å². The SMILES string of the molecule is CCCCCNCc1cc(F)c(F)c(F)c1. The first kappa shape index (κ1) is 13.0. The zero-order valence-corrected chi connectivity index (χ0v) is 9.32. The van der Waals surface area contributed by atoms with Crippen molar-refractivity contribution in [2.24, 2.45) is 0 Å². The maximum atomic E-state index is 12.8. The van der Waals surface area contributed by atoms with Gasteiger partial charge >= 0.3 is 0 Å². The standard InChI is InChI=1S/C12H16F3N/c1-2-3-4-5-16-8-9-6-10(13)12(15)11(14)7-9/h6-7,16H,2-5,8H2,1H3. The van der Waals surface area contributed by atoms with Gasteiger partial charge in [-0.3, -0.25) is 0 Å². The third-order valence-corrected chi connectivity index (χ3v) is 2.33. The number of benzene rings is 1. The minimum atomic E-state index is -1.41. The van der Waals surface area contributed by atoms with Crippen LogP contribution in [-0.4, -0.2) is 6.54 Å². The number of unbranched alkanes of at least 4 members (excludes halogenated alkanes) is 2. The van der Waals surface area contributed by atoms with Gasteiger partial charge in [-0.1, -0.05) is 19.8 Å². The molecule has 1 rings (SSSR count). The van der Waals surface area contributed by atoms with Crippen LogP contribution in [0.5, 0.6) is 0 Å². The molecule has 0 amide bonds. The lowest BCUT2D eigenvalue weighted by Crippen LogP contribution is -2.15. The molecular formula is C12H16F3N. The molecule has 90 valence electrons. The molecule has 4 heteroatoms. The van der Waals surface area contributed by atoms with E-state index in [0.717, 1.165) is 37.9 Å². The molecule has 0 heterocycles. The van der Waals surface area contributed by atoms with Gasteiger partial charge in [-0.05, 0) is 30.7 Å². The Hall–Kier alpha value is -1.03. The highest BCUT2D eigenvalue weighted by Crippen LogP contribution is 2.13. The van der Waals surface area contributed by atoms with E-state index in [9.17, 15) is 13.2 Å². The topological polar surface area (TPSA) is 12.0 Å². The summed E-state index contributed by atoms with van der Waals surface area (Å²) in [5, 5.41) is 3.05. The molecule has 0 aliphatic heterocycles. The van der Waals surface area contributed by atoms with Crippen LogP contribution in [0.25, 0.3) is 0 Å². The molecule has 1 aromatic rings. The highest BCUT2D eigenvalue weighted by molar-refractivity contribution is 5.19. The minimum absolute atomic E-state index is 0.359. The zero-order chi connectivity index (χ0) is 12.0. The number of halogens is 3. The van der Waals surface area contributed by atoms with E-state index in [1.165, 1.54) is 0 Å². The predicted molar refractivity (Wildman–Crippen MR) is 57.5 cm³/mol. The molecule has 0 spiro atoms. The van der Waals surface area contributed by atoms with Gasteiger partial charge in [-0.2, -0.15) is 0 Å². The first-order valence-electron chi connectivity index (χ1n) is 5.49. The van der Waals surface area contributed by atoms with Crippen molar-refractivity contribution in [2.45, 2.75) is 32.7 Å². The van der Waals surface area contributed by atoms with Crippen LogP contribution < -0.4 is 5.32 Å². The molecule has 0 saturated heterocycles. The van der Waals surface area contributed by atoms with Crippen molar-refractivity contribution in [3.05, 3.63) is 35.1 Å². The van der Waals surface area contributed by atoms with Gasteiger partial charge in [-0.25, -0.2) is 13.2 Å². The molecular weight excluding hydrogens is 215 g/mol. The number of nitrogens with one attached hydrogen (secondary N) is 1. The molecule has 0 unspecified atom stereocenters. The summed E-state index contributed by atoms with van der Waals surface area (Å²) < 4.78 is 38.3. The second-order valence-corrected chi connectivity index (χ2v) is 3.76. The summed E-state index contributed by atoms with van der Waals surface area (Å²) >= 11 is 0. The Balaban J connectivity index is 2.43. The summed E-state index contributed by atoms with van der Waals surface area (Å²) in [6.45, 7) is 3.26. The van der Waals surface area contributed by atoms with Gasteiger partial charge in [0.05, 0.1) is 0 Å². The molecule has 0 aromatic heterocycles. The summed E-state index contributed by atoms with van der Waals surface area (Å²) in [7, 11) is 0. The largest absolute Gasteiger partial charge is 0.313 e. The minimum Gasteiger partial charge on any atom is -0.313 e. The lowest BCUT2D eigenvalue weighted by Gasteiger charge is -2.05. The maximum Gasteiger partial charge on any atom is 0.194 e. The second kappa shape index (κ2) is 6.53. The molecule has 1 aromatic carbocycles. The van der Waals surface area contributed by atoms with Crippen LogP contribution in [0.4, 0.5) is 13.2 Å². The fourth-order valence-corrected chi connectivity index (χ4v) is 1.44. The van der Waals surface area contributed by atoms with E-state index >= 15 is 0 Å². The number of hydrogen-bond donors (Lipinski definition) is 1. The quantitative estimate of drug-likeness (QED) is 0.584. The smallest absolute Gasteiger partial charge is 0.194 e. The molecule has 16 heavy (non-hydrogen) atoms. The van der Waals surface area contributed by atoms with Crippen molar-refractivity contribution in [2.75, 3.05) is 6.54 Å². The van der Waals surface area contributed by atoms with Gasteiger partial charge in [0.15, 0.2) is 17.5 Å². The highest BCUT2D eigenvalue weighted by Gasteiger charge is 2.09. The van der Waals surface area contributed by atoms with Crippen molar-refractivity contribution in [3.63, 3.8) is 0 Å². The van der Waals surface area contributed by atoms with Crippen LogP contribution in [0, 0.1) is 17.5 Å². The van der Waals surface area contributed by atoms with E-state index in [1.54, 1.807) is 0 Å². The summed E-state index contributed by atoms with van der Waals surface area (Å²) in [6, 6.07) is 2.04. The molecule has 0 atom stereocenters. The Morgan fingerprint density at radius 3 is 2.25 bits per heavy atom. The van der Waals surface area contributed by atoms with Gasteiger partial charge in [-0.15, -0.1) is 0 Å². The molecule has 0 bridgehead atoms. The maximum absolute atomic E-state index is 12.8. The van der Waals surface area contributed by atoms with Gasteiger partial charge in [0.2, 0.25) is 0 Å². The monoisotopic (exact) mass is 231 g/mol. The van der Waals surface area contributed by atoms with E-state index in [2.05, 4.69) is 12.2 Å². The number of hydrogen-bond acceptors (Lipinski definition) is 1. The molecule has 1 nitrogen and oxygen atoms in total. The van der Waals surface area contributed by atoms with Crippen LogP contribution in [0.2, 0.25) is 0 Å². The van der Waals surface area contributed by atoms with Gasteiger partial charge in [0, 0.05) is 6.54 Å². The van der Waals surface area contributed by atoms with E-state index in [1.807, 2.05) is 0 Å². The molecule has 1 N–H and O–H groups in total. The van der Waals surface area contributed by atoms with Crippen LogP contribution in [0.1, 0.15) is 31.7 Å². The van der Waals surface area contributed by atoms with E-state index in [0.29, 0.717) is 12.1 Å². The average molecular weight is 231 g/mol. The third-order valence-electron chi connectivity index (χ3n) is 2.33. The lowest BCUT2D eigenvalue weighted by atomic mass is 10.2. The van der Waals surface area contributed by atoms with Crippen LogP contribution in [0.15, 0.2) is 12.1 Å². The molecule has 0 saturated carbocycles. The van der Waals surface area contributed by atoms with Gasteiger partial charge in [0.1, 0.15) is 0 Å². The first-order chi connectivity index (χ1) is 7.65. The molecule has 0 radical (unpaired) electrons. The van der Waals surface area contributed by atoms with Crippen LogP contribution in [-0.2, 0) is 6.54 Å². The number of rotatable bonds is 6. The fourth-order valence-electron chi connectivity index (χ4n) is 1.44. The van der Waals surface area contributed by atoms with Crippen molar-refractivity contribution >= 4 is 0 Å². The summed E-state index contributed by atoms with van der Waals surface area (Å²) in [5.74, 6) is -3.68. The molecule has 0 aliphatic rings. The van der Waals surface area contributed by atoms with Gasteiger partial charge in [0.25, 0.3) is 0 Å². The van der Waals surface area contributed by atoms with Crippen LogP contribution in [0.3, 0.4) is 0 Å². The molecule has 0 aliphatic carbocycles.